The Morgan fingerprint density at radius 2 is 2.00 bits per heavy atom. The number of nitrogen functional groups attached to an aromatic ring is 1. The van der Waals surface area contributed by atoms with Gasteiger partial charge < -0.3 is 15.8 Å². The lowest BCUT2D eigenvalue weighted by Gasteiger charge is -2.18. The van der Waals surface area contributed by atoms with Crippen LogP contribution in [0.1, 0.15) is 27.2 Å². The van der Waals surface area contributed by atoms with Crippen LogP contribution in [0, 0.1) is 5.41 Å². The molecule has 4 nitrogen and oxygen atoms in total. The molecule has 1 aromatic rings. The Hall–Kier alpha value is -1.71. The smallest absolute Gasteiger partial charge is 0.223 e. The minimum Gasteiger partial charge on any atom is -0.491 e. The third-order valence-corrected chi connectivity index (χ3v) is 2.32. The van der Waals surface area contributed by atoms with Gasteiger partial charge in [-0.1, -0.05) is 32.9 Å². The minimum atomic E-state index is -0.000530. The second kappa shape index (κ2) is 6.28. The lowest BCUT2D eigenvalue weighted by atomic mass is 9.97. The molecule has 0 fully saturated rings. The second-order valence-electron chi connectivity index (χ2n) is 5.47. The summed E-state index contributed by atoms with van der Waals surface area (Å²) in [5, 5.41) is 2.87. The fourth-order valence-electron chi connectivity index (χ4n) is 1.32. The molecular formula is C14H22N2O2. The highest BCUT2D eigenvalue weighted by Crippen LogP contribution is 2.19. The fourth-order valence-corrected chi connectivity index (χ4v) is 1.32. The van der Waals surface area contributed by atoms with Crippen LogP contribution in [0.3, 0.4) is 0 Å². The van der Waals surface area contributed by atoms with Gasteiger partial charge in [0, 0.05) is 6.54 Å². The quantitative estimate of drug-likeness (QED) is 0.787. The maximum absolute atomic E-state index is 11.5. The lowest BCUT2D eigenvalue weighted by Crippen LogP contribution is -2.32. The van der Waals surface area contributed by atoms with Crippen LogP contribution in [0.15, 0.2) is 24.3 Å². The highest BCUT2D eigenvalue weighted by atomic mass is 16.5. The molecule has 1 aromatic carbocycles. The van der Waals surface area contributed by atoms with Crippen molar-refractivity contribution in [2.24, 2.45) is 5.41 Å². The van der Waals surface area contributed by atoms with Gasteiger partial charge in [0.15, 0.2) is 0 Å². The van der Waals surface area contributed by atoms with E-state index in [4.69, 9.17) is 10.5 Å². The first-order chi connectivity index (χ1) is 8.38. The number of nitrogens with two attached hydrogens (primary N) is 1. The van der Waals surface area contributed by atoms with Crippen LogP contribution < -0.4 is 15.8 Å². The van der Waals surface area contributed by atoms with E-state index in [0.29, 0.717) is 31.0 Å². The molecule has 0 heterocycles. The van der Waals surface area contributed by atoms with Crippen LogP contribution in [-0.4, -0.2) is 19.1 Å². The van der Waals surface area contributed by atoms with E-state index >= 15 is 0 Å². The average molecular weight is 250 g/mol. The molecule has 100 valence electrons. The van der Waals surface area contributed by atoms with Gasteiger partial charge in [-0.3, -0.25) is 4.79 Å². The summed E-state index contributed by atoms with van der Waals surface area (Å²) in [6.45, 7) is 7.24. The number of anilines is 1. The molecule has 4 heteroatoms. The van der Waals surface area contributed by atoms with E-state index in [1.165, 1.54) is 0 Å². The number of carbonyl (C=O) groups excluding carboxylic acids is 1. The van der Waals surface area contributed by atoms with Crippen molar-refractivity contribution in [2.75, 3.05) is 18.9 Å². The van der Waals surface area contributed by atoms with Gasteiger partial charge >= 0.3 is 0 Å². The molecule has 18 heavy (non-hydrogen) atoms. The summed E-state index contributed by atoms with van der Waals surface area (Å²) in [4.78, 5) is 11.5. The average Bonchev–Trinajstić information content (AvgIpc) is 2.28. The van der Waals surface area contributed by atoms with Crippen molar-refractivity contribution in [3.05, 3.63) is 24.3 Å². The van der Waals surface area contributed by atoms with Gasteiger partial charge in [-0.2, -0.15) is 0 Å². The van der Waals surface area contributed by atoms with E-state index in [0.717, 1.165) is 0 Å². The van der Waals surface area contributed by atoms with Crippen LogP contribution in [0.25, 0.3) is 0 Å². The summed E-state index contributed by atoms with van der Waals surface area (Å²) in [5.41, 5.74) is 6.42. The predicted molar refractivity (Wildman–Crippen MR) is 73.4 cm³/mol. The van der Waals surface area contributed by atoms with Gasteiger partial charge in [0.25, 0.3) is 0 Å². The van der Waals surface area contributed by atoms with Crippen molar-refractivity contribution in [3.8, 4) is 5.75 Å². The number of nitrogens with one attached hydrogen (secondary N) is 1. The fraction of sp³-hybridized carbons (Fsp3) is 0.500. The largest absolute Gasteiger partial charge is 0.491 e. The van der Waals surface area contributed by atoms with Gasteiger partial charge in [-0.05, 0) is 17.5 Å². The maximum Gasteiger partial charge on any atom is 0.223 e. The zero-order valence-corrected chi connectivity index (χ0v) is 11.3. The van der Waals surface area contributed by atoms with Crippen molar-refractivity contribution in [2.45, 2.75) is 27.2 Å². The molecule has 0 aliphatic rings. The number of hydrogen-bond donors (Lipinski definition) is 2. The third kappa shape index (κ3) is 5.57. The van der Waals surface area contributed by atoms with E-state index in [1.54, 1.807) is 12.1 Å². The molecule has 0 saturated carbocycles. The highest BCUT2D eigenvalue weighted by molar-refractivity contribution is 5.76. The van der Waals surface area contributed by atoms with Crippen LogP contribution in [0.5, 0.6) is 5.75 Å². The van der Waals surface area contributed by atoms with Crippen LogP contribution >= 0.6 is 0 Å². The van der Waals surface area contributed by atoms with Crippen molar-refractivity contribution < 1.29 is 9.53 Å². The molecule has 0 bridgehead atoms. The van der Waals surface area contributed by atoms with Crippen LogP contribution in [0.2, 0.25) is 0 Å². The maximum atomic E-state index is 11.5. The van der Waals surface area contributed by atoms with Crippen molar-refractivity contribution >= 4 is 11.6 Å². The Bertz CT molecular complexity index is 397. The van der Waals surface area contributed by atoms with Gasteiger partial charge in [-0.15, -0.1) is 0 Å². The second-order valence-corrected chi connectivity index (χ2v) is 5.47. The monoisotopic (exact) mass is 250 g/mol. The molecule has 0 saturated heterocycles. The summed E-state index contributed by atoms with van der Waals surface area (Å²) in [6, 6.07) is 7.26. The number of hydrogen-bond acceptors (Lipinski definition) is 3. The van der Waals surface area contributed by atoms with Gasteiger partial charge in [0.1, 0.15) is 5.75 Å². The summed E-state index contributed by atoms with van der Waals surface area (Å²) in [6.07, 6.45) is 0.338. The SMILES string of the molecule is CC(C)(C)CNC(=O)CCOc1ccccc1N. The molecule has 3 N–H and O–H groups in total. The van der Waals surface area contributed by atoms with Crippen LogP contribution in [0.4, 0.5) is 5.69 Å². The molecule has 0 aliphatic carbocycles. The molecule has 0 spiro atoms. The van der Waals surface area contributed by atoms with E-state index in [9.17, 15) is 4.79 Å². The van der Waals surface area contributed by atoms with E-state index in [-0.39, 0.29) is 11.3 Å². The number of amides is 1. The Labute approximate surface area is 109 Å². The summed E-state index contributed by atoms with van der Waals surface area (Å²) >= 11 is 0. The molecule has 1 amide bonds. The zero-order chi connectivity index (χ0) is 13.6. The van der Waals surface area contributed by atoms with Gasteiger partial charge in [0.05, 0.1) is 18.7 Å². The van der Waals surface area contributed by atoms with E-state index < -0.39 is 0 Å². The minimum absolute atomic E-state index is 0.000530. The normalized spacial score (nSPS) is 11.1. The van der Waals surface area contributed by atoms with E-state index in [2.05, 4.69) is 26.1 Å². The summed E-state index contributed by atoms with van der Waals surface area (Å²) < 4.78 is 5.45. The number of benzene rings is 1. The molecule has 0 aromatic heterocycles. The molecule has 0 radical (unpaired) electrons. The van der Waals surface area contributed by atoms with E-state index in [1.807, 2.05) is 12.1 Å². The number of rotatable bonds is 5. The zero-order valence-electron chi connectivity index (χ0n) is 11.3. The van der Waals surface area contributed by atoms with Crippen molar-refractivity contribution in [1.82, 2.24) is 5.32 Å². The third-order valence-electron chi connectivity index (χ3n) is 2.32. The molecule has 1 rings (SSSR count). The first-order valence-corrected chi connectivity index (χ1v) is 6.12. The molecule has 0 atom stereocenters. The Morgan fingerprint density at radius 1 is 1.33 bits per heavy atom. The predicted octanol–water partition coefficient (Wildman–Crippen LogP) is 2.20. The Balaban J connectivity index is 2.26. The first-order valence-electron chi connectivity index (χ1n) is 6.12. The first kappa shape index (κ1) is 14.4. The Kier molecular flexibility index (Phi) is 5.01. The van der Waals surface area contributed by atoms with Gasteiger partial charge in [0.2, 0.25) is 5.91 Å². The molecule has 0 aliphatic heterocycles. The lowest BCUT2D eigenvalue weighted by molar-refractivity contribution is -0.121. The standard InChI is InChI=1S/C14H22N2O2/c1-14(2,3)10-16-13(17)8-9-18-12-7-5-4-6-11(12)15/h4-7H,8-10,15H2,1-3H3,(H,16,17). The number of ether oxygens (including phenoxy) is 1. The van der Waals surface area contributed by atoms with Crippen molar-refractivity contribution in [3.63, 3.8) is 0 Å². The molecule has 0 unspecified atom stereocenters. The topological polar surface area (TPSA) is 64.3 Å². The number of para-hydroxylation sites is 2. The van der Waals surface area contributed by atoms with Crippen LogP contribution in [-0.2, 0) is 4.79 Å². The summed E-state index contributed by atoms with van der Waals surface area (Å²) in [7, 11) is 0. The molecular weight excluding hydrogens is 228 g/mol. The highest BCUT2D eigenvalue weighted by Gasteiger charge is 2.11. The van der Waals surface area contributed by atoms with Gasteiger partial charge in [-0.25, -0.2) is 0 Å². The number of carbonyl (C=O) groups is 1. The Morgan fingerprint density at radius 3 is 2.61 bits per heavy atom. The summed E-state index contributed by atoms with van der Waals surface area (Å²) in [5.74, 6) is 0.626. The van der Waals surface area contributed by atoms with Crippen molar-refractivity contribution in [1.29, 1.82) is 0 Å².